The van der Waals surface area contributed by atoms with Gasteiger partial charge < -0.3 is 9.84 Å². The number of phenols is 1. The second kappa shape index (κ2) is 7.64. The molecule has 2 heterocycles. The standard InChI is InChI=1S/C24H26FNO3/c1-14-8-15(2)12-26(11-14)13-18-20(27)9-16(3)22-23(28)21(29-24(18)22)10-17-6-4-5-7-19(17)25/h4-7,9-10,14-15,27H,8,11-13H2,1-3H3/b21-10+. The number of halogens is 1. The number of rotatable bonds is 3. The number of aryl methyl sites for hydroxylation is 1. The van der Waals surface area contributed by atoms with E-state index in [1.165, 1.54) is 18.6 Å². The third kappa shape index (κ3) is 3.79. The minimum atomic E-state index is -0.413. The van der Waals surface area contributed by atoms with Crippen LogP contribution in [-0.2, 0) is 6.54 Å². The molecule has 0 saturated carbocycles. The van der Waals surface area contributed by atoms with Gasteiger partial charge in [0, 0.05) is 25.2 Å². The lowest BCUT2D eigenvalue weighted by Gasteiger charge is -2.35. The Morgan fingerprint density at radius 1 is 1.24 bits per heavy atom. The lowest BCUT2D eigenvalue weighted by molar-refractivity contribution is 0.101. The molecule has 1 fully saturated rings. The molecule has 2 aromatic rings. The predicted molar refractivity (Wildman–Crippen MR) is 110 cm³/mol. The van der Waals surface area contributed by atoms with Crippen LogP contribution in [0.25, 0.3) is 6.08 Å². The molecule has 29 heavy (non-hydrogen) atoms. The highest BCUT2D eigenvalue weighted by molar-refractivity contribution is 6.15. The quantitative estimate of drug-likeness (QED) is 0.749. The summed E-state index contributed by atoms with van der Waals surface area (Å²) in [4.78, 5) is 15.3. The molecule has 2 atom stereocenters. The highest BCUT2D eigenvalue weighted by Gasteiger charge is 2.34. The first-order valence-electron chi connectivity index (χ1n) is 10.1. The van der Waals surface area contributed by atoms with Crippen LogP contribution in [0.3, 0.4) is 0 Å². The number of fused-ring (bicyclic) bond motifs is 1. The molecule has 1 saturated heterocycles. The van der Waals surface area contributed by atoms with E-state index in [1.807, 2.05) is 0 Å². The fourth-order valence-electron chi connectivity index (χ4n) is 4.61. The number of carbonyl (C=O) groups excluding carboxylic acids is 1. The zero-order valence-corrected chi connectivity index (χ0v) is 17.0. The van der Waals surface area contributed by atoms with Gasteiger partial charge in [0.05, 0.1) is 11.1 Å². The molecule has 2 aromatic carbocycles. The fraction of sp³-hybridized carbons (Fsp3) is 0.375. The summed E-state index contributed by atoms with van der Waals surface area (Å²) in [7, 11) is 0. The number of hydrogen-bond acceptors (Lipinski definition) is 4. The van der Waals surface area contributed by atoms with E-state index in [0.717, 1.165) is 13.1 Å². The highest BCUT2D eigenvalue weighted by atomic mass is 19.1. The molecule has 2 unspecified atom stereocenters. The molecule has 0 amide bonds. The number of likely N-dealkylation sites (tertiary alicyclic amines) is 1. The van der Waals surface area contributed by atoms with Gasteiger partial charge >= 0.3 is 0 Å². The summed E-state index contributed by atoms with van der Waals surface area (Å²) in [5, 5.41) is 10.6. The number of benzene rings is 2. The Balaban J connectivity index is 1.70. The number of piperidine rings is 1. The maximum Gasteiger partial charge on any atom is 0.232 e. The second-order valence-electron chi connectivity index (χ2n) is 8.50. The third-order valence-corrected chi connectivity index (χ3v) is 5.74. The van der Waals surface area contributed by atoms with Crippen molar-refractivity contribution in [3.63, 3.8) is 0 Å². The van der Waals surface area contributed by atoms with Crippen LogP contribution in [0, 0.1) is 24.6 Å². The monoisotopic (exact) mass is 395 g/mol. The van der Waals surface area contributed by atoms with Crippen molar-refractivity contribution < 1.29 is 19.0 Å². The van der Waals surface area contributed by atoms with Gasteiger partial charge in [-0.3, -0.25) is 9.69 Å². The summed E-state index contributed by atoms with van der Waals surface area (Å²) >= 11 is 0. The van der Waals surface area contributed by atoms with Crippen LogP contribution in [0.2, 0.25) is 0 Å². The van der Waals surface area contributed by atoms with Crippen LogP contribution in [0.4, 0.5) is 4.39 Å². The van der Waals surface area contributed by atoms with Crippen LogP contribution in [0.5, 0.6) is 11.5 Å². The van der Waals surface area contributed by atoms with Crippen LogP contribution in [0.1, 0.15) is 47.3 Å². The number of allylic oxidation sites excluding steroid dienone is 1. The SMILES string of the molecule is Cc1cc(O)c(CN2CC(C)CC(C)C2)c2c1C(=O)/C(=C\c1ccccc1F)O2. The number of ketones is 1. The largest absolute Gasteiger partial charge is 0.507 e. The summed E-state index contributed by atoms with van der Waals surface area (Å²) in [5.41, 5.74) is 2.03. The van der Waals surface area contributed by atoms with Gasteiger partial charge in [0.2, 0.25) is 5.78 Å². The van der Waals surface area contributed by atoms with Gasteiger partial charge in [-0.05, 0) is 49.0 Å². The van der Waals surface area contributed by atoms with Gasteiger partial charge in [0.15, 0.2) is 5.76 Å². The van der Waals surface area contributed by atoms with Crippen LogP contribution >= 0.6 is 0 Å². The van der Waals surface area contributed by atoms with Crippen molar-refractivity contribution in [2.24, 2.45) is 11.8 Å². The lowest BCUT2D eigenvalue weighted by Crippen LogP contribution is -2.38. The summed E-state index contributed by atoms with van der Waals surface area (Å²) in [6.07, 6.45) is 2.63. The van der Waals surface area contributed by atoms with Gasteiger partial charge in [0.25, 0.3) is 0 Å². The molecule has 152 valence electrons. The average Bonchev–Trinajstić information content (AvgIpc) is 2.96. The van der Waals surface area contributed by atoms with Crippen molar-refractivity contribution in [2.45, 2.75) is 33.7 Å². The number of carbonyl (C=O) groups is 1. The van der Waals surface area contributed by atoms with Gasteiger partial charge in [-0.1, -0.05) is 32.0 Å². The number of hydrogen-bond donors (Lipinski definition) is 1. The first-order chi connectivity index (χ1) is 13.8. The second-order valence-corrected chi connectivity index (χ2v) is 8.50. The van der Waals surface area contributed by atoms with E-state index in [9.17, 15) is 14.3 Å². The highest BCUT2D eigenvalue weighted by Crippen LogP contribution is 2.42. The normalized spacial score (nSPS) is 23.3. The van der Waals surface area contributed by atoms with E-state index in [1.54, 1.807) is 31.2 Å². The molecule has 2 aliphatic rings. The zero-order chi connectivity index (χ0) is 20.7. The molecule has 0 spiro atoms. The van der Waals surface area contributed by atoms with Crippen molar-refractivity contribution in [1.29, 1.82) is 0 Å². The number of Topliss-reactive ketones (excluding diaryl/α,β-unsaturated/α-hetero) is 1. The van der Waals surface area contributed by atoms with Gasteiger partial charge in [-0.2, -0.15) is 0 Å². The smallest absolute Gasteiger partial charge is 0.232 e. The van der Waals surface area contributed by atoms with Crippen molar-refractivity contribution in [3.8, 4) is 11.5 Å². The number of aromatic hydroxyl groups is 1. The van der Waals surface area contributed by atoms with Crippen LogP contribution < -0.4 is 4.74 Å². The average molecular weight is 395 g/mol. The molecule has 0 aromatic heterocycles. The first-order valence-corrected chi connectivity index (χ1v) is 10.1. The summed E-state index contributed by atoms with van der Waals surface area (Å²) < 4.78 is 20.0. The molecule has 4 rings (SSSR count). The Bertz CT molecular complexity index is 988. The fourth-order valence-corrected chi connectivity index (χ4v) is 4.61. The Labute approximate surface area is 170 Å². The molecular weight excluding hydrogens is 369 g/mol. The first kappa shape index (κ1) is 19.6. The maximum absolute atomic E-state index is 14.0. The number of phenolic OH excluding ortho intramolecular Hbond substituents is 1. The molecular formula is C24H26FNO3. The number of ether oxygens (including phenoxy) is 1. The van der Waals surface area contributed by atoms with Crippen molar-refractivity contribution in [3.05, 3.63) is 64.2 Å². The van der Waals surface area contributed by atoms with E-state index >= 15 is 0 Å². The molecule has 0 aliphatic carbocycles. The van der Waals surface area contributed by atoms with Gasteiger partial charge in [0.1, 0.15) is 17.3 Å². The molecule has 4 nitrogen and oxygen atoms in total. The molecule has 0 radical (unpaired) electrons. The van der Waals surface area contributed by atoms with E-state index in [2.05, 4.69) is 18.7 Å². The third-order valence-electron chi connectivity index (χ3n) is 5.74. The Morgan fingerprint density at radius 2 is 1.93 bits per heavy atom. The van der Waals surface area contributed by atoms with Crippen molar-refractivity contribution in [1.82, 2.24) is 4.90 Å². The molecule has 1 N–H and O–H groups in total. The Hall–Kier alpha value is -2.66. The zero-order valence-electron chi connectivity index (χ0n) is 17.0. The van der Waals surface area contributed by atoms with Crippen molar-refractivity contribution >= 4 is 11.9 Å². The van der Waals surface area contributed by atoms with E-state index in [-0.39, 0.29) is 17.3 Å². The maximum atomic E-state index is 14.0. The molecule has 0 bridgehead atoms. The van der Waals surface area contributed by atoms with E-state index in [4.69, 9.17) is 4.74 Å². The number of nitrogens with zero attached hydrogens (tertiary/aromatic N) is 1. The lowest BCUT2D eigenvalue weighted by atomic mass is 9.91. The van der Waals surface area contributed by atoms with Crippen molar-refractivity contribution in [2.75, 3.05) is 13.1 Å². The predicted octanol–water partition coefficient (Wildman–Crippen LogP) is 4.93. The van der Waals surface area contributed by atoms with Gasteiger partial charge in [-0.15, -0.1) is 0 Å². The van der Waals surface area contributed by atoms with E-state index in [0.29, 0.717) is 46.4 Å². The Kier molecular flexibility index (Phi) is 5.17. The minimum absolute atomic E-state index is 0.0837. The molecule has 5 heteroatoms. The Morgan fingerprint density at radius 3 is 2.62 bits per heavy atom. The summed E-state index contributed by atoms with van der Waals surface area (Å²) in [6, 6.07) is 7.88. The van der Waals surface area contributed by atoms with Crippen LogP contribution in [0.15, 0.2) is 36.1 Å². The minimum Gasteiger partial charge on any atom is -0.507 e. The summed E-state index contributed by atoms with van der Waals surface area (Å²) in [6.45, 7) is 8.65. The molecule has 2 aliphatic heterocycles. The van der Waals surface area contributed by atoms with Crippen LogP contribution in [-0.4, -0.2) is 28.9 Å². The topological polar surface area (TPSA) is 49.8 Å². The van der Waals surface area contributed by atoms with Gasteiger partial charge in [-0.25, -0.2) is 4.39 Å². The summed E-state index contributed by atoms with van der Waals surface area (Å²) in [5.74, 6) is 1.09. The van der Waals surface area contributed by atoms with E-state index < -0.39 is 5.82 Å².